The van der Waals surface area contributed by atoms with Crippen LogP contribution >= 0.6 is 0 Å². The molecule has 0 bridgehead atoms. The smallest absolute Gasteiger partial charge is 0.406 e. The van der Waals surface area contributed by atoms with E-state index >= 15 is 0 Å². The van der Waals surface area contributed by atoms with Crippen molar-refractivity contribution in [3.05, 3.63) is 46.8 Å². The number of allylic oxidation sites excluding steroid dienone is 2. The highest BCUT2D eigenvalue weighted by Gasteiger charge is 2.45. The number of rotatable bonds is 8. The van der Waals surface area contributed by atoms with Crippen LogP contribution in [0.2, 0.25) is 0 Å². The van der Waals surface area contributed by atoms with Gasteiger partial charge in [0.05, 0.1) is 0 Å². The van der Waals surface area contributed by atoms with Crippen molar-refractivity contribution in [3.63, 3.8) is 0 Å². The van der Waals surface area contributed by atoms with Gasteiger partial charge in [-0.05, 0) is 92.3 Å². The van der Waals surface area contributed by atoms with Gasteiger partial charge in [-0.25, -0.2) is 0 Å². The van der Waals surface area contributed by atoms with Gasteiger partial charge in [0, 0.05) is 70.4 Å². The molecule has 0 aromatic rings. The van der Waals surface area contributed by atoms with E-state index in [1.54, 1.807) is 12.2 Å². The molecule has 228 valence electrons. The Morgan fingerprint density at radius 3 is 2.34 bits per heavy atom. The summed E-state index contributed by atoms with van der Waals surface area (Å²) in [7, 11) is 0. The number of piperidine rings is 1. The Kier molecular flexibility index (Phi) is 9.27. The zero-order valence-corrected chi connectivity index (χ0v) is 24.4. The normalized spacial score (nSPS) is 31.5. The van der Waals surface area contributed by atoms with Gasteiger partial charge in [-0.15, -0.1) is 13.2 Å². The average molecular weight is 576 g/mol. The van der Waals surface area contributed by atoms with Crippen molar-refractivity contribution in [3.8, 4) is 0 Å². The second kappa shape index (κ2) is 12.9. The molecule has 9 heteroatoms. The molecule has 3 N–H and O–H groups in total. The van der Waals surface area contributed by atoms with Crippen LogP contribution in [0.3, 0.4) is 0 Å². The summed E-state index contributed by atoms with van der Waals surface area (Å²) in [6.07, 6.45) is 12.9. The topological polar surface area (TPSA) is 57.0 Å². The van der Waals surface area contributed by atoms with Gasteiger partial charge in [0.2, 0.25) is 0 Å². The first-order valence-corrected chi connectivity index (χ1v) is 16.0. The molecule has 3 unspecified atom stereocenters. The molecule has 3 saturated heterocycles. The lowest BCUT2D eigenvalue weighted by atomic mass is 9.75. The van der Waals surface area contributed by atoms with Crippen molar-refractivity contribution in [2.75, 3.05) is 65.4 Å². The Bertz CT molecular complexity index is 1030. The van der Waals surface area contributed by atoms with E-state index in [2.05, 4.69) is 36.9 Å². The summed E-state index contributed by atoms with van der Waals surface area (Å²) < 4.78 is 43.1. The first kappa shape index (κ1) is 29.4. The zero-order chi connectivity index (χ0) is 28.4. The van der Waals surface area contributed by atoms with Crippen LogP contribution in [0.25, 0.3) is 0 Å². The molecule has 1 saturated carbocycles. The predicted octanol–water partition coefficient (Wildman–Crippen LogP) is 4.43. The first-order chi connectivity index (χ1) is 19.9. The maximum atomic E-state index is 12.9. The van der Waals surface area contributed by atoms with Crippen LogP contribution in [0, 0.1) is 17.8 Å². The molecule has 6 aliphatic rings. The van der Waals surface area contributed by atoms with E-state index in [1.807, 2.05) is 0 Å². The number of hydrogen-bond donors (Lipinski definition) is 2. The third-order valence-corrected chi connectivity index (χ3v) is 10.5. The van der Waals surface area contributed by atoms with Crippen molar-refractivity contribution in [2.45, 2.75) is 69.8 Å². The van der Waals surface area contributed by atoms with E-state index < -0.39 is 6.36 Å². The molecule has 0 spiro atoms. The predicted molar refractivity (Wildman–Crippen MR) is 156 cm³/mol. The summed E-state index contributed by atoms with van der Waals surface area (Å²) in [6.45, 7) is 10.1. The number of fused-ring (bicyclic) bond motifs is 1. The van der Waals surface area contributed by atoms with Crippen LogP contribution in [0.5, 0.6) is 0 Å². The number of nitrogens with two attached hydrogens (primary N) is 1. The minimum absolute atomic E-state index is 0.111. The lowest BCUT2D eigenvalue weighted by Crippen LogP contribution is -2.48. The molecule has 6 rings (SSSR count). The number of hydrogen-bond acceptors (Lipinski definition) is 6. The molecule has 0 radical (unpaired) electrons. The third kappa shape index (κ3) is 7.12. The number of alkyl halides is 3. The Morgan fingerprint density at radius 2 is 1.63 bits per heavy atom. The van der Waals surface area contributed by atoms with Crippen LogP contribution in [0.15, 0.2) is 46.8 Å². The molecular formula is C32H48F3N5O. The SMILES string of the molecule is NCC1=CC(OC(F)(F)F)=CCC1C1CN(C2CCNCC2)C2CC=C(CN3CCN(CC4CCCC4)CC3)C=C12. The molecular weight excluding hydrogens is 527 g/mol. The lowest BCUT2D eigenvalue weighted by molar-refractivity contribution is -0.303. The monoisotopic (exact) mass is 575 g/mol. The highest BCUT2D eigenvalue weighted by Crippen LogP contribution is 2.46. The Morgan fingerprint density at radius 1 is 0.902 bits per heavy atom. The Labute approximate surface area is 243 Å². The van der Waals surface area contributed by atoms with Gasteiger partial charge in [-0.1, -0.05) is 25.0 Å². The van der Waals surface area contributed by atoms with Gasteiger partial charge in [-0.3, -0.25) is 9.80 Å². The van der Waals surface area contributed by atoms with Crippen molar-refractivity contribution in [1.82, 2.24) is 20.0 Å². The fourth-order valence-corrected chi connectivity index (χ4v) is 8.45. The summed E-state index contributed by atoms with van der Waals surface area (Å²) in [6, 6.07) is 0.928. The molecule has 3 heterocycles. The molecule has 0 aromatic heterocycles. The number of likely N-dealkylation sites (tertiary alicyclic amines) is 1. The van der Waals surface area contributed by atoms with Gasteiger partial charge >= 0.3 is 6.36 Å². The molecule has 4 fully saturated rings. The van der Waals surface area contributed by atoms with Crippen molar-refractivity contribution in [1.29, 1.82) is 0 Å². The van der Waals surface area contributed by atoms with E-state index in [4.69, 9.17) is 5.73 Å². The van der Waals surface area contributed by atoms with E-state index in [0.717, 1.165) is 83.1 Å². The van der Waals surface area contributed by atoms with Crippen molar-refractivity contribution in [2.24, 2.45) is 23.5 Å². The van der Waals surface area contributed by atoms with Gasteiger partial charge in [0.1, 0.15) is 5.76 Å². The zero-order valence-electron chi connectivity index (χ0n) is 24.4. The minimum atomic E-state index is -4.69. The largest absolute Gasteiger partial charge is 0.573 e. The highest BCUT2D eigenvalue weighted by atomic mass is 19.4. The van der Waals surface area contributed by atoms with Gasteiger partial charge < -0.3 is 20.7 Å². The van der Waals surface area contributed by atoms with Gasteiger partial charge in [0.25, 0.3) is 0 Å². The first-order valence-electron chi connectivity index (χ1n) is 16.0. The minimum Gasteiger partial charge on any atom is -0.406 e. The van der Waals surface area contributed by atoms with E-state index in [-0.39, 0.29) is 24.1 Å². The molecule has 0 aromatic carbocycles. The highest BCUT2D eigenvalue weighted by molar-refractivity contribution is 5.40. The molecule has 41 heavy (non-hydrogen) atoms. The maximum absolute atomic E-state index is 12.9. The second-order valence-corrected chi connectivity index (χ2v) is 13.1. The third-order valence-electron chi connectivity index (χ3n) is 10.5. The lowest BCUT2D eigenvalue weighted by Gasteiger charge is -2.38. The van der Waals surface area contributed by atoms with Crippen LogP contribution in [0.4, 0.5) is 13.2 Å². The van der Waals surface area contributed by atoms with E-state index in [1.165, 1.54) is 43.4 Å². The number of halogens is 3. The Hall–Kier alpha value is -1.65. The van der Waals surface area contributed by atoms with Crippen molar-refractivity contribution >= 4 is 0 Å². The standard InChI is InChI=1S/C32H48F3N5O/c33-32(34,35)41-27-6-7-28(25(18-27)19-36)30-22-40(26-9-11-37-12-10-26)31-8-5-24(17-29(30)31)21-39-15-13-38(14-16-39)20-23-3-1-2-4-23/h5-6,17-18,23,26,28,30-31,37H,1-4,7-16,19-22,36H2. The molecule has 6 nitrogen and oxygen atoms in total. The quantitative estimate of drug-likeness (QED) is 0.447. The van der Waals surface area contributed by atoms with Crippen LogP contribution in [-0.2, 0) is 4.74 Å². The number of nitrogens with zero attached hydrogens (tertiary/aromatic N) is 3. The fourth-order valence-electron chi connectivity index (χ4n) is 8.45. The number of ether oxygens (including phenoxy) is 1. The fraction of sp³-hybridized carbons (Fsp3) is 0.750. The van der Waals surface area contributed by atoms with Crippen LogP contribution in [0.1, 0.15) is 51.4 Å². The molecule has 0 amide bonds. The van der Waals surface area contributed by atoms with Gasteiger partial charge in [0.15, 0.2) is 0 Å². The van der Waals surface area contributed by atoms with Gasteiger partial charge in [-0.2, -0.15) is 0 Å². The summed E-state index contributed by atoms with van der Waals surface area (Å²) >= 11 is 0. The molecule has 3 atom stereocenters. The molecule has 3 aliphatic carbocycles. The summed E-state index contributed by atoms with van der Waals surface area (Å²) in [5.74, 6) is 1.16. The van der Waals surface area contributed by atoms with Crippen molar-refractivity contribution < 1.29 is 17.9 Å². The summed E-state index contributed by atoms with van der Waals surface area (Å²) in [5, 5.41) is 3.50. The second-order valence-electron chi connectivity index (χ2n) is 13.1. The average Bonchev–Trinajstić information content (AvgIpc) is 3.61. The Balaban J connectivity index is 1.15. The number of nitrogens with one attached hydrogen (secondary N) is 1. The van der Waals surface area contributed by atoms with E-state index in [0.29, 0.717) is 18.5 Å². The number of piperazine rings is 1. The molecule has 3 aliphatic heterocycles. The van der Waals surface area contributed by atoms with E-state index in [9.17, 15) is 13.2 Å². The van der Waals surface area contributed by atoms with Crippen LogP contribution < -0.4 is 11.1 Å². The van der Waals surface area contributed by atoms with Crippen LogP contribution in [-0.4, -0.2) is 98.6 Å². The maximum Gasteiger partial charge on any atom is 0.573 e. The summed E-state index contributed by atoms with van der Waals surface area (Å²) in [4.78, 5) is 8.00. The summed E-state index contributed by atoms with van der Waals surface area (Å²) in [5.41, 5.74) is 9.90.